The van der Waals surface area contributed by atoms with Crippen LogP contribution in [-0.2, 0) is 41.6 Å². The second-order valence-electron chi connectivity index (χ2n) is 9.51. The van der Waals surface area contributed by atoms with Crippen LogP contribution in [0.1, 0.15) is 33.5 Å². The number of hydrogen-bond donors (Lipinski definition) is 7. The van der Waals surface area contributed by atoms with E-state index in [4.69, 9.17) is 25.5 Å². The third-order valence-corrected chi connectivity index (χ3v) is 9.93. The van der Waals surface area contributed by atoms with Gasteiger partial charge in [0, 0.05) is 23.3 Å². The molecule has 0 amide bonds. The van der Waals surface area contributed by atoms with E-state index < -0.39 is 82.7 Å². The lowest BCUT2D eigenvalue weighted by atomic mass is 9.83. The fraction of sp³-hybridized carbons (Fsp3) is 0.240. The third-order valence-electron chi connectivity index (χ3n) is 6.58. The second kappa shape index (κ2) is 12.3. The van der Waals surface area contributed by atoms with Crippen molar-refractivity contribution in [3.63, 3.8) is 0 Å². The molecule has 2 aromatic carbocycles. The normalized spacial score (nSPS) is 16.8. The molecule has 1 heterocycles. The highest BCUT2D eigenvalue weighted by atomic mass is 32.2. The van der Waals surface area contributed by atoms with E-state index in [-0.39, 0.29) is 46.6 Å². The number of hydrogen-bond acceptors (Lipinski definition) is 12. The number of aliphatic hydroxyl groups excluding tert-OH is 1. The summed E-state index contributed by atoms with van der Waals surface area (Å²) in [6.07, 6.45) is 0.460. The Kier molecular flexibility index (Phi) is 9.24. The van der Waals surface area contributed by atoms with Gasteiger partial charge in [-0.3, -0.25) is 9.11 Å². The number of allylic oxidation sites excluding steroid dienone is 1. The maximum absolute atomic E-state index is 13.5. The van der Waals surface area contributed by atoms with Crippen LogP contribution in [0, 0.1) is 0 Å². The summed E-state index contributed by atoms with van der Waals surface area (Å²) in [4.78, 5) is 10.4. The summed E-state index contributed by atoms with van der Waals surface area (Å²) in [6, 6.07) is 6.44. The average Bonchev–Trinajstić information content (AvgIpc) is 2.91. The van der Waals surface area contributed by atoms with Gasteiger partial charge in [0.25, 0.3) is 20.2 Å². The Morgan fingerprint density at radius 2 is 1.70 bits per heavy atom. The molecule has 2 aliphatic rings. The first-order valence-corrected chi connectivity index (χ1v) is 17.0. The van der Waals surface area contributed by atoms with E-state index >= 15 is 0 Å². The van der Waals surface area contributed by atoms with E-state index in [0.29, 0.717) is 5.56 Å². The molecule has 16 nitrogen and oxygen atoms in total. The predicted molar refractivity (Wildman–Crippen MR) is 155 cm³/mol. The van der Waals surface area contributed by atoms with Crippen LogP contribution in [0.25, 0.3) is 5.57 Å². The minimum absolute atomic E-state index is 0.0105. The molecule has 19 heteroatoms. The lowest BCUT2D eigenvalue weighted by Crippen LogP contribution is -2.35. The molecule has 1 aliphatic heterocycles. The van der Waals surface area contributed by atoms with Crippen molar-refractivity contribution in [2.45, 2.75) is 24.0 Å². The van der Waals surface area contributed by atoms with E-state index in [1.807, 2.05) is 0 Å². The number of anilines is 1. The van der Waals surface area contributed by atoms with Gasteiger partial charge in [0.1, 0.15) is 16.6 Å². The summed E-state index contributed by atoms with van der Waals surface area (Å²) in [6.45, 7) is -1.42. The third kappa shape index (κ3) is 6.79. The quantitative estimate of drug-likeness (QED) is 0.0685. The number of nitrogens with one attached hydrogen (secondary N) is 1. The molecule has 0 saturated heterocycles. The van der Waals surface area contributed by atoms with Crippen LogP contribution < -0.4 is 20.9 Å². The molecule has 0 aromatic heterocycles. The van der Waals surface area contributed by atoms with E-state index in [9.17, 15) is 44.8 Å². The average molecular weight is 674 g/mol. The molecule has 1 unspecified atom stereocenters. The SMILES string of the molecule is NC1=C(S(=O)(=O)O)C2Oc3c(ccc(N)c3S(=O)(=O)NCCCS(=O)(=O)O)C(c3cc(C(=O)O)ccc3COCO)=C2C=C1. The van der Waals surface area contributed by atoms with Crippen molar-refractivity contribution in [1.29, 1.82) is 0 Å². The Labute approximate surface area is 251 Å². The standard InChI is InChI=1S/C25H27N3O13S3/c26-18-6-4-15-20(17-10-13(25(30)31)2-3-14(17)11-40-12-29)16-5-7-19(27)24(44(37,38)39)22(16)41-21(15)23(18)43(35,36)28-8-1-9-42(32,33)34/h2-7,10,22,28-29H,1,8-9,11-12,26-27H2,(H,30,31)(H,32,33,34)(H,37,38,39). The van der Waals surface area contributed by atoms with Crippen molar-refractivity contribution in [2.75, 3.05) is 24.8 Å². The molecule has 4 rings (SSSR count). The first-order chi connectivity index (χ1) is 20.5. The second-order valence-corrected chi connectivity index (χ2v) is 14.2. The number of carboxylic acids is 1. The lowest BCUT2D eigenvalue weighted by Gasteiger charge is -2.34. The minimum atomic E-state index is -5.07. The zero-order valence-corrected chi connectivity index (χ0v) is 24.9. The van der Waals surface area contributed by atoms with Crippen molar-refractivity contribution in [3.8, 4) is 5.75 Å². The van der Waals surface area contributed by atoms with Gasteiger partial charge in [-0.05, 0) is 47.9 Å². The zero-order valence-electron chi connectivity index (χ0n) is 22.5. The summed E-state index contributed by atoms with van der Waals surface area (Å²) in [5.41, 5.74) is 11.5. The van der Waals surface area contributed by atoms with E-state index in [2.05, 4.69) is 4.72 Å². The number of sulfonamides is 1. The number of benzene rings is 2. The molecule has 1 aliphatic carbocycles. The number of carboxylic acid groups (broad SMARTS) is 1. The van der Waals surface area contributed by atoms with Gasteiger partial charge in [0.2, 0.25) is 10.0 Å². The fourth-order valence-corrected chi connectivity index (χ4v) is 7.42. The molecule has 9 N–H and O–H groups in total. The number of carbonyl (C=O) groups is 1. The van der Waals surface area contributed by atoms with Crippen LogP contribution in [0.4, 0.5) is 5.69 Å². The first-order valence-electron chi connectivity index (χ1n) is 12.4. The monoisotopic (exact) mass is 673 g/mol. The number of aromatic carboxylic acids is 1. The smallest absolute Gasteiger partial charge is 0.335 e. The highest BCUT2D eigenvalue weighted by Crippen LogP contribution is 2.49. The van der Waals surface area contributed by atoms with Gasteiger partial charge in [0.15, 0.2) is 11.9 Å². The molecule has 0 radical (unpaired) electrons. The van der Waals surface area contributed by atoms with Gasteiger partial charge >= 0.3 is 5.97 Å². The van der Waals surface area contributed by atoms with Crippen LogP contribution >= 0.6 is 0 Å². The van der Waals surface area contributed by atoms with Crippen molar-refractivity contribution in [1.82, 2.24) is 4.72 Å². The summed E-state index contributed by atoms with van der Waals surface area (Å²) in [5, 5.41) is 19.0. The van der Waals surface area contributed by atoms with Crippen LogP contribution in [0.15, 0.2) is 63.6 Å². The van der Waals surface area contributed by atoms with Gasteiger partial charge in [-0.2, -0.15) is 16.8 Å². The van der Waals surface area contributed by atoms with Crippen LogP contribution in [-0.4, -0.2) is 75.7 Å². The Balaban J connectivity index is 2.03. The van der Waals surface area contributed by atoms with Crippen molar-refractivity contribution in [3.05, 3.63) is 80.9 Å². The van der Waals surface area contributed by atoms with Crippen LogP contribution in [0.3, 0.4) is 0 Å². The highest BCUT2D eigenvalue weighted by Gasteiger charge is 2.42. The summed E-state index contributed by atoms with van der Waals surface area (Å²) < 4.78 is 106. The van der Waals surface area contributed by atoms with E-state index in [1.165, 1.54) is 42.5 Å². The predicted octanol–water partition coefficient (Wildman–Crippen LogP) is 0.180. The van der Waals surface area contributed by atoms with Crippen molar-refractivity contribution >= 4 is 47.5 Å². The van der Waals surface area contributed by atoms with Gasteiger partial charge < -0.3 is 31.2 Å². The molecule has 238 valence electrons. The largest absolute Gasteiger partial charge is 0.478 e. The van der Waals surface area contributed by atoms with Gasteiger partial charge in [0.05, 0.1) is 29.3 Å². The molecular formula is C25H27N3O13S3. The van der Waals surface area contributed by atoms with E-state index in [1.54, 1.807) is 0 Å². The summed E-state index contributed by atoms with van der Waals surface area (Å²) in [7, 11) is -14.1. The maximum atomic E-state index is 13.5. The fourth-order valence-electron chi connectivity index (χ4n) is 4.76. The molecule has 1 atom stereocenters. The maximum Gasteiger partial charge on any atom is 0.335 e. The topological polar surface area (TPSA) is 283 Å². The number of aliphatic hydroxyl groups is 1. The van der Waals surface area contributed by atoms with Crippen LogP contribution in [0.5, 0.6) is 5.75 Å². The summed E-state index contributed by atoms with van der Waals surface area (Å²) in [5.74, 6) is -2.57. The minimum Gasteiger partial charge on any atom is -0.478 e. The molecule has 0 spiro atoms. The molecule has 0 saturated carbocycles. The van der Waals surface area contributed by atoms with Gasteiger partial charge in [-0.15, -0.1) is 0 Å². The Morgan fingerprint density at radius 1 is 1.00 bits per heavy atom. The number of rotatable bonds is 12. The number of ether oxygens (including phenoxy) is 2. The number of nitrogen functional groups attached to an aromatic ring is 1. The van der Waals surface area contributed by atoms with Crippen molar-refractivity contribution < 1.29 is 58.8 Å². The molecular weight excluding hydrogens is 646 g/mol. The van der Waals surface area contributed by atoms with E-state index in [0.717, 1.165) is 0 Å². The van der Waals surface area contributed by atoms with Crippen molar-refractivity contribution in [2.24, 2.45) is 5.73 Å². The Bertz CT molecular complexity index is 1950. The Hall–Kier alpha value is -3.82. The molecule has 2 aromatic rings. The summed E-state index contributed by atoms with van der Waals surface area (Å²) >= 11 is 0. The highest BCUT2D eigenvalue weighted by molar-refractivity contribution is 7.90. The van der Waals surface area contributed by atoms with Gasteiger partial charge in [-0.25, -0.2) is 17.9 Å². The molecule has 0 fully saturated rings. The Morgan fingerprint density at radius 3 is 2.32 bits per heavy atom. The van der Waals surface area contributed by atoms with Gasteiger partial charge in [-0.1, -0.05) is 12.1 Å². The first kappa shape index (κ1) is 33.1. The zero-order chi connectivity index (χ0) is 32.6. The molecule has 44 heavy (non-hydrogen) atoms. The van der Waals surface area contributed by atoms with Crippen LogP contribution in [0.2, 0.25) is 0 Å². The lowest BCUT2D eigenvalue weighted by molar-refractivity contribution is -0.0113. The molecule has 0 bridgehead atoms. The number of fused-ring (bicyclic) bond motifs is 2. The number of nitrogens with two attached hydrogens (primary N) is 2.